The highest BCUT2D eigenvalue weighted by atomic mass is 79.9. The van der Waals surface area contributed by atoms with Gasteiger partial charge in [0.05, 0.1) is 5.41 Å². The Morgan fingerprint density at radius 1 is 1.36 bits per heavy atom. The lowest BCUT2D eigenvalue weighted by atomic mass is 9.73. The summed E-state index contributed by atoms with van der Waals surface area (Å²) in [4.78, 5) is 25.5. The zero-order chi connectivity index (χ0) is 16.2. The van der Waals surface area contributed by atoms with E-state index >= 15 is 0 Å². The smallest absolute Gasteiger partial charge is 0.323 e. The van der Waals surface area contributed by atoms with Gasteiger partial charge in [-0.2, -0.15) is 0 Å². The number of carboxylic acids is 1. The molecule has 6 heteroatoms. The molecule has 120 valence electrons. The molecule has 22 heavy (non-hydrogen) atoms. The second-order valence-electron chi connectivity index (χ2n) is 5.42. The molecule has 1 aromatic rings. The fourth-order valence-corrected chi connectivity index (χ4v) is 3.32. The number of likely N-dealkylation sites (N-methyl/N-ethyl adjacent to an activating group) is 1. The Hall–Kier alpha value is -1.40. The SMILES string of the molecule is CCN(CC(=O)O)C(=O)C1(c2cccc(Br)c2)CCOCC1. The van der Waals surface area contributed by atoms with Crippen LogP contribution in [0, 0.1) is 0 Å². The van der Waals surface area contributed by atoms with Crippen molar-refractivity contribution in [3.05, 3.63) is 34.3 Å². The lowest BCUT2D eigenvalue weighted by molar-refractivity contribution is -0.149. The van der Waals surface area contributed by atoms with Crippen molar-refractivity contribution in [3.8, 4) is 0 Å². The number of hydrogen-bond donors (Lipinski definition) is 1. The first-order valence-corrected chi connectivity index (χ1v) is 8.14. The van der Waals surface area contributed by atoms with Crippen molar-refractivity contribution in [2.75, 3.05) is 26.3 Å². The minimum Gasteiger partial charge on any atom is -0.480 e. The fraction of sp³-hybridized carbons (Fsp3) is 0.500. The molecule has 5 nitrogen and oxygen atoms in total. The Morgan fingerprint density at radius 3 is 2.59 bits per heavy atom. The molecule has 1 amide bonds. The van der Waals surface area contributed by atoms with Crippen molar-refractivity contribution in [1.82, 2.24) is 4.90 Å². The Morgan fingerprint density at radius 2 is 2.05 bits per heavy atom. The molecule has 0 unspecified atom stereocenters. The van der Waals surface area contributed by atoms with E-state index in [1.54, 1.807) is 6.92 Å². The van der Waals surface area contributed by atoms with Crippen molar-refractivity contribution >= 4 is 27.8 Å². The van der Waals surface area contributed by atoms with Crippen LogP contribution in [0.1, 0.15) is 25.3 Å². The number of carbonyl (C=O) groups excluding carboxylic acids is 1. The summed E-state index contributed by atoms with van der Waals surface area (Å²) in [6.45, 7) is 2.91. The van der Waals surface area contributed by atoms with Crippen LogP contribution < -0.4 is 0 Å². The van der Waals surface area contributed by atoms with E-state index in [-0.39, 0.29) is 12.5 Å². The number of benzene rings is 1. The molecule has 0 atom stereocenters. The Balaban J connectivity index is 2.40. The molecule has 1 saturated heterocycles. The second kappa shape index (κ2) is 7.24. The first-order chi connectivity index (χ1) is 10.5. The topological polar surface area (TPSA) is 66.8 Å². The fourth-order valence-electron chi connectivity index (χ4n) is 2.93. The first kappa shape index (κ1) is 17.0. The summed E-state index contributed by atoms with van der Waals surface area (Å²) in [5.74, 6) is -1.12. The standard InChI is InChI=1S/C16H20BrNO4/c1-2-18(11-14(19)20)15(21)16(6-8-22-9-7-16)12-4-3-5-13(17)10-12/h3-5,10H,2,6-9,11H2,1H3,(H,19,20). The monoisotopic (exact) mass is 369 g/mol. The van der Waals surface area contributed by atoms with E-state index in [0.717, 1.165) is 10.0 Å². The summed E-state index contributed by atoms with van der Waals surface area (Å²) in [7, 11) is 0. The van der Waals surface area contributed by atoms with Crippen LogP contribution in [-0.2, 0) is 19.7 Å². The van der Waals surface area contributed by atoms with Crippen molar-refractivity contribution in [1.29, 1.82) is 0 Å². The third kappa shape index (κ3) is 3.50. The molecule has 1 aliphatic rings. The van der Waals surface area contributed by atoms with E-state index in [0.29, 0.717) is 32.6 Å². The van der Waals surface area contributed by atoms with Crippen molar-refractivity contribution in [3.63, 3.8) is 0 Å². The van der Waals surface area contributed by atoms with Gasteiger partial charge in [0.25, 0.3) is 0 Å². The number of rotatable bonds is 5. The summed E-state index contributed by atoms with van der Waals surface area (Å²) in [6.07, 6.45) is 1.14. The zero-order valence-corrected chi connectivity index (χ0v) is 14.1. The second-order valence-corrected chi connectivity index (χ2v) is 6.33. The molecule has 1 aliphatic heterocycles. The molecule has 1 N–H and O–H groups in total. The van der Waals surface area contributed by atoms with Crippen LogP contribution in [0.3, 0.4) is 0 Å². The molecule has 2 rings (SSSR count). The average Bonchev–Trinajstić information content (AvgIpc) is 2.52. The molecule has 0 spiro atoms. The predicted molar refractivity (Wildman–Crippen MR) is 85.8 cm³/mol. The third-order valence-corrected chi connectivity index (χ3v) is 4.62. The number of aliphatic carboxylic acids is 1. The van der Waals surface area contributed by atoms with E-state index in [9.17, 15) is 9.59 Å². The van der Waals surface area contributed by atoms with Gasteiger partial charge in [-0.1, -0.05) is 28.1 Å². The van der Waals surface area contributed by atoms with Crippen LogP contribution in [0.2, 0.25) is 0 Å². The van der Waals surface area contributed by atoms with Gasteiger partial charge in [0, 0.05) is 24.2 Å². The van der Waals surface area contributed by atoms with Crippen molar-refractivity contribution in [2.24, 2.45) is 0 Å². The molecular formula is C16H20BrNO4. The maximum Gasteiger partial charge on any atom is 0.323 e. The number of nitrogens with zero attached hydrogens (tertiary/aromatic N) is 1. The first-order valence-electron chi connectivity index (χ1n) is 7.34. The molecule has 1 fully saturated rings. The number of halogens is 1. The van der Waals surface area contributed by atoms with Gasteiger partial charge in [-0.25, -0.2) is 0 Å². The van der Waals surface area contributed by atoms with Gasteiger partial charge in [-0.3, -0.25) is 9.59 Å². The van der Waals surface area contributed by atoms with Crippen LogP contribution in [0.15, 0.2) is 28.7 Å². The van der Waals surface area contributed by atoms with Crippen LogP contribution in [0.25, 0.3) is 0 Å². The third-order valence-electron chi connectivity index (χ3n) is 4.13. The van der Waals surface area contributed by atoms with Gasteiger partial charge in [0.2, 0.25) is 5.91 Å². The van der Waals surface area contributed by atoms with Crippen molar-refractivity contribution < 1.29 is 19.4 Å². The number of ether oxygens (including phenoxy) is 1. The van der Waals surface area contributed by atoms with E-state index in [4.69, 9.17) is 9.84 Å². The highest BCUT2D eigenvalue weighted by Crippen LogP contribution is 2.37. The van der Waals surface area contributed by atoms with Crippen LogP contribution in [0.5, 0.6) is 0 Å². The van der Waals surface area contributed by atoms with E-state index in [1.807, 2.05) is 24.3 Å². The zero-order valence-electron chi connectivity index (χ0n) is 12.5. The number of carboxylic acid groups (broad SMARTS) is 1. The summed E-state index contributed by atoms with van der Waals surface area (Å²) >= 11 is 3.45. The molecule has 1 heterocycles. The Labute approximate surface area is 138 Å². The average molecular weight is 370 g/mol. The Bertz CT molecular complexity index is 555. The van der Waals surface area contributed by atoms with Crippen LogP contribution in [0.4, 0.5) is 0 Å². The van der Waals surface area contributed by atoms with Crippen LogP contribution >= 0.6 is 15.9 Å². The van der Waals surface area contributed by atoms with Crippen molar-refractivity contribution in [2.45, 2.75) is 25.2 Å². The van der Waals surface area contributed by atoms with Crippen LogP contribution in [-0.4, -0.2) is 48.2 Å². The minimum atomic E-state index is -0.994. The van der Waals surface area contributed by atoms with Gasteiger partial charge in [0.15, 0.2) is 0 Å². The maximum atomic E-state index is 13.1. The highest BCUT2D eigenvalue weighted by molar-refractivity contribution is 9.10. The molecule has 0 radical (unpaired) electrons. The highest BCUT2D eigenvalue weighted by Gasteiger charge is 2.44. The molecule has 1 aromatic carbocycles. The molecular weight excluding hydrogens is 350 g/mol. The molecule has 0 bridgehead atoms. The minimum absolute atomic E-state index is 0.126. The lowest BCUT2D eigenvalue weighted by Gasteiger charge is -2.39. The van der Waals surface area contributed by atoms with E-state index < -0.39 is 11.4 Å². The summed E-state index contributed by atoms with van der Waals surface area (Å²) in [6, 6.07) is 7.69. The van der Waals surface area contributed by atoms with E-state index in [1.165, 1.54) is 4.90 Å². The van der Waals surface area contributed by atoms with Gasteiger partial charge in [0.1, 0.15) is 6.54 Å². The number of hydrogen-bond acceptors (Lipinski definition) is 3. The largest absolute Gasteiger partial charge is 0.480 e. The lowest BCUT2D eigenvalue weighted by Crippen LogP contribution is -2.51. The van der Waals surface area contributed by atoms with Gasteiger partial charge in [-0.05, 0) is 37.5 Å². The normalized spacial score (nSPS) is 17.0. The molecule has 0 aromatic heterocycles. The summed E-state index contributed by atoms with van der Waals surface area (Å²) in [5.41, 5.74) is 0.215. The Kier molecular flexibility index (Phi) is 5.58. The number of amides is 1. The van der Waals surface area contributed by atoms with Gasteiger partial charge >= 0.3 is 5.97 Å². The van der Waals surface area contributed by atoms with Gasteiger partial charge < -0.3 is 14.7 Å². The molecule has 0 aliphatic carbocycles. The quantitative estimate of drug-likeness (QED) is 0.865. The molecule has 0 saturated carbocycles. The summed E-state index contributed by atoms with van der Waals surface area (Å²) < 4.78 is 6.33. The maximum absolute atomic E-state index is 13.1. The summed E-state index contributed by atoms with van der Waals surface area (Å²) in [5, 5.41) is 9.03. The predicted octanol–water partition coefficient (Wildman–Crippen LogP) is 2.43. The van der Waals surface area contributed by atoms with Gasteiger partial charge in [-0.15, -0.1) is 0 Å². The van der Waals surface area contributed by atoms with E-state index in [2.05, 4.69) is 15.9 Å². The number of carbonyl (C=O) groups is 2.